The van der Waals surface area contributed by atoms with Gasteiger partial charge in [-0.2, -0.15) is 41.7 Å². The zero-order valence-corrected chi connectivity index (χ0v) is 16.6. The molecule has 3 nitrogen and oxygen atoms in total. The molecule has 4 unspecified atom stereocenters. The van der Waals surface area contributed by atoms with Gasteiger partial charge in [0, 0.05) is 5.48 Å². The van der Waals surface area contributed by atoms with Gasteiger partial charge in [-0.05, 0) is 0 Å². The van der Waals surface area contributed by atoms with E-state index in [4.69, 9.17) is 5.48 Å². The van der Waals surface area contributed by atoms with E-state index in [9.17, 15) is 0 Å². The van der Waals surface area contributed by atoms with Gasteiger partial charge in [0.25, 0.3) is 0 Å². The molecule has 0 radical (unpaired) electrons. The van der Waals surface area contributed by atoms with Crippen LogP contribution in [0.4, 0.5) is 0 Å². The van der Waals surface area contributed by atoms with E-state index in [1.807, 2.05) is 6.82 Å². The molecular formula is C13H32BHfN3. The average Bonchev–Trinajstić information content (AvgIpc) is 2.56. The van der Waals surface area contributed by atoms with Gasteiger partial charge < -0.3 is 23.4 Å². The Morgan fingerprint density at radius 3 is 1.67 bits per heavy atom. The van der Waals surface area contributed by atoms with E-state index >= 15 is 0 Å². The van der Waals surface area contributed by atoms with Crippen molar-refractivity contribution in [2.75, 3.05) is 41.7 Å². The average molecular weight is 424 g/mol. The normalized spacial score (nSPS) is 35.6. The Hall–Kier alpha value is 0.815. The largest absolute Gasteiger partial charge is 4.00 e. The molecule has 0 amide bonds. The summed E-state index contributed by atoms with van der Waals surface area (Å²) in [4.78, 5) is 0. The fourth-order valence-corrected chi connectivity index (χ4v) is 1.24. The molecule has 1 rings (SSSR count). The number of hydrogen-bond donors (Lipinski definition) is 0. The summed E-state index contributed by atoms with van der Waals surface area (Å²) < 4.78 is 30.8. The number of nitrogens with zero attached hydrogens (tertiary/aromatic N) is 3. The van der Waals surface area contributed by atoms with Gasteiger partial charge in [-0.25, -0.2) is 0 Å². The predicted molar refractivity (Wildman–Crippen MR) is 84.8 cm³/mol. The van der Waals surface area contributed by atoms with E-state index in [1.165, 1.54) is 0 Å². The van der Waals surface area contributed by atoms with Gasteiger partial charge in [0.15, 0.2) is 0 Å². The SMILES string of the molecule is C[N-]C.C[N-]C.[2H]C1C([2H])C([2H])C(B(C)C[N-]C)C1[2H].[CH3-].[Hf+4]. The van der Waals surface area contributed by atoms with Crippen LogP contribution in [0.1, 0.15) is 31.1 Å². The molecule has 106 valence electrons. The number of rotatable bonds is 3. The molecule has 0 aliphatic heterocycles. The first-order valence-corrected chi connectivity index (χ1v) is 5.54. The van der Waals surface area contributed by atoms with E-state index in [-0.39, 0.29) is 45.8 Å². The third-order valence-corrected chi connectivity index (χ3v) is 1.91. The second-order valence-electron chi connectivity index (χ2n) is 3.72. The Kier molecular flexibility index (Phi) is 21.5. The molecule has 0 N–H and O–H groups in total. The van der Waals surface area contributed by atoms with Crippen molar-refractivity contribution in [2.45, 2.75) is 38.2 Å². The van der Waals surface area contributed by atoms with Crippen LogP contribution in [0.2, 0.25) is 12.6 Å². The van der Waals surface area contributed by atoms with Gasteiger partial charge in [0.05, 0.1) is 0 Å². The van der Waals surface area contributed by atoms with E-state index in [0.717, 1.165) is 0 Å². The van der Waals surface area contributed by atoms with Gasteiger partial charge in [0.2, 0.25) is 0 Å². The smallest absolute Gasteiger partial charge is 0.671 e. The van der Waals surface area contributed by atoms with E-state index in [1.54, 1.807) is 35.2 Å². The second-order valence-corrected chi connectivity index (χ2v) is 3.72. The molecule has 1 aliphatic carbocycles. The summed E-state index contributed by atoms with van der Waals surface area (Å²) in [6.07, 6.45) is -1.98. The first kappa shape index (κ1) is 16.9. The minimum Gasteiger partial charge on any atom is -0.671 e. The van der Waals surface area contributed by atoms with E-state index in [2.05, 4.69) is 16.0 Å². The van der Waals surface area contributed by atoms with E-state index < -0.39 is 25.6 Å². The van der Waals surface area contributed by atoms with Crippen LogP contribution < -0.4 is 0 Å². The molecule has 0 aromatic carbocycles. The molecule has 1 aliphatic rings. The minimum absolute atomic E-state index is 0. The van der Waals surface area contributed by atoms with Crippen molar-refractivity contribution in [3.8, 4) is 0 Å². The number of hydrogen-bond acceptors (Lipinski definition) is 0. The third kappa shape index (κ3) is 19.2. The van der Waals surface area contributed by atoms with Crippen molar-refractivity contribution >= 4 is 6.71 Å². The molecule has 1 saturated carbocycles. The standard InChI is InChI=1S/C8H17BN.2C2H6N.CH3.Hf/c1-9(7-10-2)8-5-3-4-6-8;2*1-3-2;;/h8H,3-7H2,1-2H3;2*1-2H3;1H3;/q4*-1;+4/i3D,4D,5D,6D;;;;. The van der Waals surface area contributed by atoms with Crippen molar-refractivity contribution in [1.82, 2.24) is 0 Å². The van der Waals surface area contributed by atoms with Gasteiger partial charge in [0.1, 0.15) is 6.71 Å². The van der Waals surface area contributed by atoms with Gasteiger partial charge in [-0.3, -0.25) is 0 Å². The fourth-order valence-electron chi connectivity index (χ4n) is 1.24. The van der Waals surface area contributed by atoms with Crippen molar-refractivity contribution in [1.29, 1.82) is 0 Å². The summed E-state index contributed by atoms with van der Waals surface area (Å²) in [7, 11) is 8.72. The Labute approximate surface area is 141 Å². The molecule has 0 bridgehead atoms. The maximum absolute atomic E-state index is 7.80. The summed E-state index contributed by atoms with van der Waals surface area (Å²) in [5.41, 5.74) is 0. The van der Waals surface area contributed by atoms with E-state index in [0.29, 0.717) is 6.44 Å². The molecular weight excluding hydrogens is 387 g/mol. The van der Waals surface area contributed by atoms with Crippen molar-refractivity contribution < 1.29 is 31.3 Å². The van der Waals surface area contributed by atoms with Gasteiger partial charge >= 0.3 is 25.8 Å². The van der Waals surface area contributed by atoms with Gasteiger partial charge in [-0.15, -0.1) is 0 Å². The molecule has 18 heavy (non-hydrogen) atoms. The zero-order valence-electron chi connectivity index (χ0n) is 17.0. The predicted octanol–water partition coefficient (Wildman–Crippen LogP) is 4.29. The quantitative estimate of drug-likeness (QED) is 0.480. The molecule has 1 fully saturated rings. The minimum atomic E-state index is -0.721. The van der Waals surface area contributed by atoms with Gasteiger partial charge in [-0.1, -0.05) is 38.2 Å². The second kappa shape index (κ2) is 22.9. The Morgan fingerprint density at radius 2 is 1.39 bits per heavy atom. The monoisotopic (exact) mass is 425 g/mol. The Morgan fingerprint density at radius 1 is 1.06 bits per heavy atom. The van der Waals surface area contributed by atoms with Crippen LogP contribution in [0, 0.1) is 7.43 Å². The van der Waals surface area contributed by atoms with Crippen LogP contribution in [0.25, 0.3) is 16.0 Å². The maximum atomic E-state index is 7.80. The molecule has 0 spiro atoms. The third-order valence-electron chi connectivity index (χ3n) is 1.91. The molecule has 0 aromatic heterocycles. The Bertz CT molecular complexity index is 217. The summed E-state index contributed by atoms with van der Waals surface area (Å²) in [5, 5.41) is 11.0. The van der Waals surface area contributed by atoms with Crippen LogP contribution in [-0.4, -0.2) is 48.4 Å². The first-order chi connectivity index (χ1) is 9.33. The zero-order chi connectivity index (χ0) is 16.3. The Balaban J connectivity index is -0.000000176. The fraction of sp³-hybridized carbons (Fsp3) is 0.923. The molecule has 0 aromatic rings. The summed E-state index contributed by atoms with van der Waals surface area (Å²) >= 11 is 0. The van der Waals surface area contributed by atoms with Crippen LogP contribution in [0.5, 0.6) is 0 Å². The molecule has 4 atom stereocenters. The summed E-state index contributed by atoms with van der Waals surface area (Å²) in [6, 6.07) is 0. The van der Waals surface area contributed by atoms with Crippen LogP contribution >= 0.6 is 0 Å². The van der Waals surface area contributed by atoms with Crippen LogP contribution in [-0.2, 0) is 25.8 Å². The molecule has 0 saturated heterocycles. The maximum Gasteiger partial charge on any atom is 4.00 e. The topological polar surface area (TPSA) is 42.3 Å². The van der Waals surface area contributed by atoms with Crippen LogP contribution in [0.3, 0.4) is 0 Å². The first-order valence-electron chi connectivity index (χ1n) is 7.85. The summed E-state index contributed by atoms with van der Waals surface area (Å²) in [6.45, 7) is 2.11. The summed E-state index contributed by atoms with van der Waals surface area (Å²) in [5.74, 6) is -0.163. The van der Waals surface area contributed by atoms with Crippen LogP contribution in [0.15, 0.2) is 0 Å². The van der Waals surface area contributed by atoms with Crippen molar-refractivity contribution in [2.24, 2.45) is 0 Å². The molecule has 5 heteroatoms. The van der Waals surface area contributed by atoms with Crippen molar-refractivity contribution in [3.63, 3.8) is 0 Å². The molecule has 0 heterocycles. The van der Waals surface area contributed by atoms with Crippen molar-refractivity contribution in [3.05, 3.63) is 23.4 Å².